The summed E-state index contributed by atoms with van der Waals surface area (Å²) in [5.41, 5.74) is 1.43. The van der Waals surface area contributed by atoms with E-state index in [1.807, 2.05) is 19.1 Å². The molecule has 1 unspecified atom stereocenters. The topological polar surface area (TPSA) is 99.3 Å². The van der Waals surface area contributed by atoms with Crippen molar-refractivity contribution in [3.8, 4) is 0 Å². The van der Waals surface area contributed by atoms with Crippen molar-refractivity contribution < 1.29 is 13.2 Å². The van der Waals surface area contributed by atoms with Crippen molar-refractivity contribution in [1.29, 1.82) is 0 Å². The number of nitrogens with zero attached hydrogens (tertiary/aromatic N) is 1. The van der Waals surface area contributed by atoms with E-state index in [0.29, 0.717) is 12.1 Å². The quantitative estimate of drug-likeness (QED) is 0.692. The SMILES string of the molecule is CC1Cc2ccccc2N1S(=O)(=O)c1cccc(C(=O)Nc2ccc[nH]c2=O)c1. The number of carbonyl (C=O) groups is 1. The van der Waals surface area contributed by atoms with E-state index in [1.165, 1.54) is 40.8 Å². The molecule has 0 spiro atoms. The fourth-order valence-electron chi connectivity index (χ4n) is 3.53. The third-order valence-electron chi connectivity index (χ3n) is 4.86. The molecule has 3 aromatic rings. The first-order chi connectivity index (χ1) is 13.9. The average molecular weight is 409 g/mol. The van der Waals surface area contributed by atoms with Gasteiger partial charge in [0.1, 0.15) is 5.69 Å². The largest absolute Gasteiger partial charge is 0.327 e. The molecule has 4 rings (SSSR count). The van der Waals surface area contributed by atoms with E-state index in [9.17, 15) is 18.0 Å². The molecule has 148 valence electrons. The summed E-state index contributed by atoms with van der Waals surface area (Å²) in [5.74, 6) is -0.561. The molecule has 1 atom stereocenters. The van der Waals surface area contributed by atoms with Gasteiger partial charge in [-0.05, 0) is 55.3 Å². The molecule has 7 nitrogen and oxygen atoms in total. The van der Waals surface area contributed by atoms with Gasteiger partial charge in [0.2, 0.25) is 0 Å². The summed E-state index contributed by atoms with van der Waals surface area (Å²) in [6.45, 7) is 1.86. The highest BCUT2D eigenvalue weighted by Gasteiger charge is 2.36. The Hall–Kier alpha value is -3.39. The van der Waals surface area contributed by atoms with Gasteiger partial charge in [0.15, 0.2) is 0 Å². The van der Waals surface area contributed by atoms with E-state index < -0.39 is 21.5 Å². The van der Waals surface area contributed by atoms with Crippen LogP contribution in [-0.2, 0) is 16.4 Å². The Morgan fingerprint density at radius 1 is 1.10 bits per heavy atom. The van der Waals surface area contributed by atoms with Gasteiger partial charge in [0.05, 0.1) is 10.6 Å². The van der Waals surface area contributed by atoms with Crippen LogP contribution in [-0.4, -0.2) is 25.4 Å². The third kappa shape index (κ3) is 3.42. The van der Waals surface area contributed by atoms with Gasteiger partial charge in [-0.25, -0.2) is 8.42 Å². The summed E-state index contributed by atoms with van der Waals surface area (Å²) >= 11 is 0. The van der Waals surface area contributed by atoms with Gasteiger partial charge in [-0.3, -0.25) is 13.9 Å². The van der Waals surface area contributed by atoms with Crippen LogP contribution in [0.2, 0.25) is 0 Å². The molecule has 29 heavy (non-hydrogen) atoms. The van der Waals surface area contributed by atoms with Crippen LogP contribution >= 0.6 is 0 Å². The lowest BCUT2D eigenvalue weighted by atomic mass is 10.1. The zero-order valence-electron chi connectivity index (χ0n) is 15.6. The third-order valence-corrected chi connectivity index (χ3v) is 6.79. The van der Waals surface area contributed by atoms with E-state index in [-0.39, 0.29) is 22.2 Å². The molecule has 0 radical (unpaired) electrons. The molecular formula is C21H19N3O4S. The van der Waals surface area contributed by atoms with E-state index >= 15 is 0 Å². The number of aromatic amines is 1. The Morgan fingerprint density at radius 2 is 1.90 bits per heavy atom. The Labute approximate surface area is 168 Å². The number of sulfonamides is 1. The number of anilines is 2. The molecule has 0 aliphatic carbocycles. The molecule has 2 N–H and O–H groups in total. The number of fused-ring (bicyclic) bond motifs is 1. The van der Waals surface area contributed by atoms with Crippen LogP contribution in [0.5, 0.6) is 0 Å². The lowest BCUT2D eigenvalue weighted by Crippen LogP contribution is -2.35. The van der Waals surface area contributed by atoms with E-state index in [0.717, 1.165) is 5.56 Å². The van der Waals surface area contributed by atoms with Gasteiger partial charge in [-0.2, -0.15) is 0 Å². The molecule has 1 aliphatic rings. The highest BCUT2D eigenvalue weighted by molar-refractivity contribution is 7.92. The minimum Gasteiger partial charge on any atom is -0.327 e. The standard InChI is InChI=1S/C21H19N3O4S/c1-14-12-15-6-2-3-10-19(15)24(14)29(27,28)17-8-4-7-16(13-17)20(25)23-18-9-5-11-22-21(18)26/h2-11,13-14H,12H2,1H3,(H,22,26)(H,23,25). The van der Waals surface area contributed by atoms with Gasteiger partial charge in [0.25, 0.3) is 21.5 Å². The molecule has 2 aromatic carbocycles. The number of amides is 1. The van der Waals surface area contributed by atoms with Crippen molar-refractivity contribution in [2.75, 3.05) is 9.62 Å². The molecule has 2 heterocycles. The number of nitrogens with one attached hydrogen (secondary N) is 2. The van der Waals surface area contributed by atoms with Crippen LogP contribution in [0.15, 0.2) is 76.6 Å². The number of H-pyrrole nitrogens is 1. The van der Waals surface area contributed by atoms with Crippen molar-refractivity contribution >= 4 is 27.3 Å². The number of para-hydroxylation sites is 1. The fourth-order valence-corrected chi connectivity index (χ4v) is 5.27. The molecular weight excluding hydrogens is 390 g/mol. The van der Waals surface area contributed by atoms with E-state index in [4.69, 9.17) is 0 Å². The van der Waals surface area contributed by atoms with Crippen LogP contribution in [0.4, 0.5) is 11.4 Å². The van der Waals surface area contributed by atoms with Crippen molar-refractivity contribution in [3.63, 3.8) is 0 Å². The van der Waals surface area contributed by atoms with Crippen LogP contribution in [0.1, 0.15) is 22.8 Å². The molecule has 1 amide bonds. The number of benzene rings is 2. The first kappa shape index (κ1) is 18.9. The smallest absolute Gasteiger partial charge is 0.271 e. The monoisotopic (exact) mass is 409 g/mol. The summed E-state index contributed by atoms with van der Waals surface area (Å²) in [6, 6.07) is 16.1. The van der Waals surface area contributed by atoms with Gasteiger partial charge >= 0.3 is 0 Å². The molecule has 1 aromatic heterocycles. The summed E-state index contributed by atoms with van der Waals surface area (Å²) in [4.78, 5) is 26.8. The minimum absolute atomic E-state index is 0.0238. The van der Waals surface area contributed by atoms with Crippen molar-refractivity contribution in [2.45, 2.75) is 24.3 Å². The second-order valence-corrected chi connectivity index (χ2v) is 8.69. The Balaban J connectivity index is 1.67. The van der Waals surface area contributed by atoms with Crippen molar-refractivity contribution in [1.82, 2.24) is 4.98 Å². The maximum Gasteiger partial charge on any atom is 0.271 e. The molecule has 0 saturated carbocycles. The number of rotatable bonds is 4. The number of hydrogen-bond acceptors (Lipinski definition) is 4. The maximum atomic E-state index is 13.3. The number of hydrogen-bond donors (Lipinski definition) is 2. The Bertz CT molecular complexity index is 1250. The maximum absolute atomic E-state index is 13.3. The average Bonchev–Trinajstić information content (AvgIpc) is 3.06. The zero-order chi connectivity index (χ0) is 20.6. The molecule has 1 aliphatic heterocycles. The lowest BCUT2D eigenvalue weighted by Gasteiger charge is -2.24. The van der Waals surface area contributed by atoms with Crippen LogP contribution in [0.3, 0.4) is 0 Å². The predicted octanol–water partition coefficient (Wildman–Crippen LogP) is 2.77. The second kappa shape index (κ2) is 7.21. The highest BCUT2D eigenvalue weighted by Crippen LogP contribution is 2.36. The number of aromatic nitrogens is 1. The first-order valence-corrected chi connectivity index (χ1v) is 10.5. The summed E-state index contributed by atoms with van der Waals surface area (Å²) in [6.07, 6.45) is 2.09. The minimum atomic E-state index is -3.85. The Morgan fingerprint density at radius 3 is 2.69 bits per heavy atom. The summed E-state index contributed by atoms with van der Waals surface area (Å²) in [7, 11) is -3.85. The number of pyridine rings is 1. The van der Waals surface area contributed by atoms with Crippen molar-refractivity contribution in [3.05, 3.63) is 88.3 Å². The molecule has 0 bridgehead atoms. The first-order valence-electron chi connectivity index (χ1n) is 9.09. The second-order valence-electron chi connectivity index (χ2n) is 6.88. The van der Waals surface area contributed by atoms with Gasteiger partial charge in [-0.1, -0.05) is 24.3 Å². The molecule has 0 fully saturated rings. The van der Waals surface area contributed by atoms with Gasteiger partial charge in [-0.15, -0.1) is 0 Å². The van der Waals surface area contributed by atoms with Crippen molar-refractivity contribution in [2.24, 2.45) is 0 Å². The van der Waals surface area contributed by atoms with Crippen LogP contribution in [0.25, 0.3) is 0 Å². The Kier molecular flexibility index (Phi) is 4.71. The lowest BCUT2D eigenvalue weighted by molar-refractivity contribution is 0.102. The molecule has 8 heteroatoms. The normalized spacial score (nSPS) is 15.8. The summed E-state index contributed by atoms with van der Waals surface area (Å²) < 4.78 is 28.1. The molecule has 0 saturated heterocycles. The predicted molar refractivity (Wildman–Crippen MR) is 111 cm³/mol. The van der Waals surface area contributed by atoms with E-state index in [1.54, 1.807) is 18.2 Å². The van der Waals surface area contributed by atoms with Gasteiger partial charge < -0.3 is 10.3 Å². The van der Waals surface area contributed by atoms with Crippen LogP contribution < -0.4 is 15.2 Å². The fraction of sp³-hybridized carbons (Fsp3) is 0.143. The van der Waals surface area contributed by atoms with Gasteiger partial charge in [0, 0.05) is 17.8 Å². The zero-order valence-corrected chi connectivity index (χ0v) is 16.4. The number of carbonyl (C=O) groups excluding carboxylic acids is 1. The highest BCUT2D eigenvalue weighted by atomic mass is 32.2. The van der Waals surface area contributed by atoms with Crippen LogP contribution in [0, 0.1) is 0 Å². The van der Waals surface area contributed by atoms with E-state index in [2.05, 4.69) is 10.3 Å². The summed E-state index contributed by atoms with van der Waals surface area (Å²) in [5, 5.41) is 2.51.